The lowest BCUT2D eigenvalue weighted by Gasteiger charge is -2.24. The van der Waals surface area contributed by atoms with Gasteiger partial charge >= 0.3 is 0 Å². The summed E-state index contributed by atoms with van der Waals surface area (Å²) in [4.78, 5) is 14.2. The molecule has 1 aromatic rings. The molecule has 6 nitrogen and oxygen atoms in total. The van der Waals surface area contributed by atoms with Crippen LogP contribution in [-0.2, 0) is 14.8 Å². The van der Waals surface area contributed by atoms with Gasteiger partial charge in [0.15, 0.2) is 0 Å². The number of ether oxygens (including phenoxy) is 1. The number of benzene rings is 1. The van der Waals surface area contributed by atoms with Crippen molar-refractivity contribution in [3.8, 4) is 5.75 Å². The lowest BCUT2D eigenvalue weighted by Crippen LogP contribution is -2.39. The zero-order valence-electron chi connectivity index (χ0n) is 15.7. The minimum Gasteiger partial charge on any atom is -0.495 e. The molecule has 1 aliphatic rings. The van der Waals surface area contributed by atoms with Gasteiger partial charge in [-0.05, 0) is 37.5 Å². The average molecular weight is 368 g/mol. The van der Waals surface area contributed by atoms with Crippen molar-refractivity contribution in [3.05, 3.63) is 23.3 Å². The number of carbonyl (C=O) groups excluding carboxylic acids is 1. The smallest absolute Gasteiger partial charge is 0.246 e. The van der Waals surface area contributed by atoms with E-state index in [1.165, 1.54) is 11.4 Å². The van der Waals surface area contributed by atoms with Gasteiger partial charge in [-0.3, -0.25) is 4.79 Å². The largest absolute Gasteiger partial charge is 0.495 e. The van der Waals surface area contributed by atoms with Crippen LogP contribution in [0.2, 0.25) is 0 Å². The second kappa shape index (κ2) is 7.74. The first-order valence-electron chi connectivity index (χ1n) is 8.62. The number of rotatable bonds is 4. The second-order valence-electron chi connectivity index (χ2n) is 6.85. The molecule has 0 aromatic heterocycles. The molecule has 0 radical (unpaired) electrons. The third-order valence-corrected chi connectivity index (χ3v) is 6.37. The molecule has 0 unspecified atom stereocenters. The monoisotopic (exact) mass is 368 g/mol. The molecule has 7 heteroatoms. The Kier molecular flexibility index (Phi) is 6.11. The van der Waals surface area contributed by atoms with Gasteiger partial charge in [-0.1, -0.05) is 19.9 Å². The SMILES string of the molecule is COc1c(C)cc(C)cc1S(=O)(=O)N1CCCN(C(=O)C(C)C)CC1. The Hall–Kier alpha value is -1.60. The van der Waals surface area contributed by atoms with Gasteiger partial charge in [0, 0.05) is 32.1 Å². The van der Waals surface area contributed by atoms with Crippen molar-refractivity contribution in [1.29, 1.82) is 0 Å². The van der Waals surface area contributed by atoms with Crippen molar-refractivity contribution < 1.29 is 17.9 Å². The molecule has 25 heavy (non-hydrogen) atoms. The van der Waals surface area contributed by atoms with Gasteiger partial charge in [0.25, 0.3) is 0 Å². The number of methoxy groups -OCH3 is 1. The molecule has 0 aliphatic carbocycles. The number of hydrogen-bond donors (Lipinski definition) is 0. The van der Waals surface area contributed by atoms with Crippen molar-refractivity contribution in [2.24, 2.45) is 5.92 Å². The lowest BCUT2D eigenvalue weighted by molar-refractivity contribution is -0.134. The van der Waals surface area contributed by atoms with E-state index in [2.05, 4.69) is 0 Å². The van der Waals surface area contributed by atoms with E-state index in [1.807, 2.05) is 33.8 Å². The number of nitrogens with zero attached hydrogens (tertiary/aromatic N) is 2. The summed E-state index contributed by atoms with van der Waals surface area (Å²) in [6.45, 7) is 9.16. The molecule has 140 valence electrons. The van der Waals surface area contributed by atoms with Crippen LogP contribution in [0.4, 0.5) is 0 Å². The fourth-order valence-electron chi connectivity index (χ4n) is 3.23. The highest BCUT2D eigenvalue weighted by Crippen LogP contribution is 2.31. The summed E-state index contributed by atoms with van der Waals surface area (Å²) < 4.78 is 33.2. The first-order valence-corrected chi connectivity index (χ1v) is 10.1. The zero-order valence-corrected chi connectivity index (χ0v) is 16.5. The van der Waals surface area contributed by atoms with E-state index in [4.69, 9.17) is 4.74 Å². The maximum absolute atomic E-state index is 13.2. The molecule has 2 rings (SSSR count). The summed E-state index contributed by atoms with van der Waals surface area (Å²) in [5.74, 6) is 0.385. The van der Waals surface area contributed by atoms with Gasteiger partial charge in [-0.25, -0.2) is 8.42 Å². The number of aryl methyl sites for hydroxylation is 2. The molecule has 1 fully saturated rings. The lowest BCUT2D eigenvalue weighted by atomic mass is 10.1. The summed E-state index contributed by atoms with van der Waals surface area (Å²) in [6, 6.07) is 3.56. The molecular formula is C18H28N2O4S. The summed E-state index contributed by atoms with van der Waals surface area (Å²) in [7, 11) is -2.18. The van der Waals surface area contributed by atoms with Crippen LogP contribution in [0.25, 0.3) is 0 Å². The molecule has 0 N–H and O–H groups in total. The van der Waals surface area contributed by atoms with E-state index in [0.717, 1.165) is 11.1 Å². The zero-order chi connectivity index (χ0) is 18.8. The quantitative estimate of drug-likeness (QED) is 0.817. The molecule has 1 heterocycles. The van der Waals surface area contributed by atoms with Crippen LogP contribution in [-0.4, -0.2) is 56.8 Å². The van der Waals surface area contributed by atoms with Crippen LogP contribution in [0.3, 0.4) is 0 Å². The molecule has 0 bridgehead atoms. The molecular weight excluding hydrogens is 340 g/mol. The van der Waals surface area contributed by atoms with Crippen LogP contribution < -0.4 is 4.74 Å². The Morgan fingerprint density at radius 3 is 2.40 bits per heavy atom. The molecule has 0 spiro atoms. The minimum atomic E-state index is -3.67. The van der Waals surface area contributed by atoms with Crippen LogP contribution >= 0.6 is 0 Å². The Balaban J connectivity index is 2.31. The highest BCUT2D eigenvalue weighted by atomic mass is 32.2. The van der Waals surface area contributed by atoms with Crippen LogP contribution in [0.1, 0.15) is 31.4 Å². The second-order valence-corrected chi connectivity index (χ2v) is 8.76. The Bertz CT molecular complexity index is 744. The molecule has 0 saturated carbocycles. The topological polar surface area (TPSA) is 66.9 Å². The summed E-state index contributed by atoms with van der Waals surface area (Å²) in [5.41, 5.74) is 1.68. The van der Waals surface area contributed by atoms with E-state index in [-0.39, 0.29) is 16.7 Å². The first-order chi connectivity index (χ1) is 11.7. The molecule has 0 atom stereocenters. The van der Waals surface area contributed by atoms with E-state index in [1.54, 1.807) is 11.0 Å². The van der Waals surface area contributed by atoms with Crippen LogP contribution in [0.15, 0.2) is 17.0 Å². The predicted octanol–water partition coefficient (Wildman–Crippen LogP) is 2.19. The molecule has 1 saturated heterocycles. The first kappa shape index (κ1) is 19.7. The Labute approximate surface area is 150 Å². The van der Waals surface area contributed by atoms with Crippen LogP contribution in [0, 0.1) is 19.8 Å². The number of carbonyl (C=O) groups is 1. The highest BCUT2D eigenvalue weighted by Gasteiger charge is 2.31. The predicted molar refractivity (Wildman–Crippen MR) is 97.3 cm³/mol. The number of amides is 1. The number of sulfonamides is 1. The van der Waals surface area contributed by atoms with Crippen molar-refractivity contribution in [3.63, 3.8) is 0 Å². The van der Waals surface area contributed by atoms with Crippen molar-refractivity contribution in [2.45, 2.75) is 39.0 Å². The van der Waals surface area contributed by atoms with Crippen molar-refractivity contribution in [1.82, 2.24) is 9.21 Å². The third kappa shape index (κ3) is 4.15. The standard InChI is InChI=1S/C18H28N2O4S/c1-13(2)18(21)19-7-6-8-20(10-9-19)25(22,23)16-12-14(3)11-15(4)17(16)24-5/h11-13H,6-10H2,1-5H3. The third-order valence-electron chi connectivity index (χ3n) is 4.47. The Morgan fingerprint density at radius 1 is 1.12 bits per heavy atom. The van der Waals surface area contributed by atoms with Gasteiger partial charge in [-0.15, -0.1) is 0 Å². The molecule has 1 aromatic carbocycles. The summed E-state index contributed by atoms with van der Waals surface area (Å²) in [5, 5.41) is 0. The molecule has 1 amide bonds. The maximum Gasteiger partial charge on any atom is 0.246 e. The normalized spacial score (nSPS) is 16.8. The average Bonchev–Trinajstić information content (AvgIpc) is 2.79. The van der Waals surface area contributed by atoms with Gasteiger partial charge in [-0.2, -0.15) is 4.31 Å². The van der Waals surface area contributed by atoms with E-state index >= 15 is 0 Å². The van der Waals surface area contributed by atoms with Gasteiger partial charge in [0.1, 0.15) is 10.6 Å². The fraction of sp³-hybridized carbons (Fsp3) is 0.611. The minimum absolute atomic E-state index is 0.0724. The van der Waals surface area contributed by atoms with E-state index < -0.39 is 10.0 Å². The van der Waals surface area contributed by atoms with E-state index in [9.17, 15) is 13.2 Å². The van der Waals surface area contributed by atoms with Gasteiger partial charge < -0.3 is 9.64 Å². The van der Waals surface area contributed by atoms with Crippen molar-refractivity contribution in [2.75, 3.05) is 33.3 Å². The summed E-state index contributed by atoms with van der Waals surface area (Å²) in [6.07, 6.45) is 0.630. The Morgan fingerprint density at radius 2 is 1.80 bits per heavy atom. The highest BCUT2D eigenvalue weighted by molar-refractivity contribution is 7.89. The van der Waals surface area contributed by atoms with Crippen molar-refractivity contribution >= 4 is 15.9 Å². The maximum atomic E-state index is 13.2. The number of hydrogen-bond acceptors (Lipinski definition) is 4. The van der Waals surface area contributed by atoms with Gasteiger partial charge in [0.2, 0.25) is 15.9 Å². The van der Waals surface area contributed by atoms with E-state index in [0.29, 0.717) is 38.3 Å². The van der Waals surface area contributed by atoms with Crippen LogP contribution in [0.5, 0.6) is 5.75 Å². The molecule has 1 aliphatic heterocycles. The fourth-order valence-corrected chi connectivity index (χ4v) is 5.01. The van der Waals surface area contributed by atoms with Gasteiger partial charge in [0.05, 0.1) is 7.11 Å². The summed E-state index contributed by atoms with van der Waals surface area (Å²) >= 11 is 0.